The fourth-order valence-corrected chi connectivity index (χ4v) is 5.00. The molecule has 0 aromatic heterocycles. The molecule has 1 fully saturated rings. The number of nitrogens with zero attached hydrogens (tertiary/aromatic N) is 2. The second-order valence-electron chi connectivity index (χ2n) is 8.38. The number of halogens is 1. The monoisotopic (exact) mass is 551 g/mol. The van der Waals surface area contributed by atoms with Crippen molar-refractivity contribution in [3.63, 3.8) is 0 Å². The van der Waals surface area contributed by atoms with Crippen molar-refractivity contribution >= 4 is 57.7 Å². The van der Waals surface area contributed by atoms with E-state index in [2.05, 4.69) is 5.32 Å². The van der Waals surface area contributed by atoms with E-state index in [0.29, 0.717) is 45.8 Å². The van der Waals surface area contributed by atoms with E-state index in [0.717, 1.165) is 5.56 Å². The van der Waals surface area contributed by atoms with Crippen molar-refractivity contribution in [3.05, 3.63) is 88.9 Å². The number of esters is 1. The molecule has 196 valence electrons. The van der Waals surface area contributed by atoms with Crippen LogP contribution < -0.4 is 10.1 Å². The second-order valence-corrected chi connectivity index (χ2v) is 9.99. The summed E-state index contributed by atoms with van der Waals surface area (Å²) in [5, 5.41) is 3.25. The number of anilines is 1. The van der Waals surface area contributed by atoms with E-state index >= 15 is 0 Å². The van der Waals surface area contributed by atoms with Crippen LogP contribution in [0.15, 0.2) is 77.8 Å². The summed E-state index contributed by atoms with van der Waals surface area (Å²) in [7, 11) is 2.89. The van der Waals surface area contributed by atoms with Crippen molar-refractivity contribution in [2.75, 3.05) is 26.1 Å². The molecule has 2 amide bonds. The lowest BCUT2D eigenvalue weighted by Gasteiger charge is -2.32. The number of thioether (sulfide) groups is 1. The number of rotatable bonds is 8. The summed E-state index contributed by atoms with van der Waals surface area (Å²) in [6.45, 7) is 0.409. The average Bonchev–Trinajstić information content (AvgIpc) is 2.93. The first-order valence-corrected chi connectivity index (χ1v) is 13.1. The predicted octanol–water partition coefficient (Wildman–Crippen LogP) is 5.34. The summed E-state index contributed by atoms with van der Waals surface area (Å²) in [5.41, 5.74) is 2.55. The summed E-state index contributed by atoms with van der Waals surface area (Å²) in [6.07, 6.45) is 0.632. The first kappa shape index (κ1) is 27.2. The number of hydrogen-bond donors (Lipinski definition) is 1. The summed E-state index contributed by atoms with van der Waals surface area (Å²) >= 11 is 7.24. The van der Waals surface area contributed by atoms with Gasteiger partial charge in [-0.15, -0.1) is 0 Å². The van der Waals surface area contributed by atoms with Crippen LogP contribution in [-0.2, 0) is 20.7 Å². The fourth-order valence-electron chi connectivity index (χ4n) is 3.75. The molecule has 1 heterocycles. The van der Waals surface area contributed by atoms with E-state index in [1.165, 1.54) is 18.9 Å². The molecule has 1 aliphatic heterocycles. The summed E-state index contributed by atoms with van der Waals surface area (Å²) < 4.78 is 9.92. The minimum atomic E-state index is -0.674. The van der Waals surface area contributed by atoms with E-state index in [4.69, 9.17) is 26.1 Å². The molecule has 0 spiro atoms. The quantitative estimate of drug-likeness (QED) is 0.380. The SMILES string of the molecule is COC(=O)c1ccc(NC(=O)C2CC(=O)N(CCc3ccc(Cl)cc3)C(=Nc3ccc(OC)cc3)S2)cc1. The van der Waals surface area contributed by atoms with Gasteiger partial charge < -0.3 is 14.8 Å². The molecule has 0 aliphatic carbocycles. The molecule has 3 aromatic rings. The smallest absolute Gasteiger partial charge is 0.337 e. The molecule has 0 saturated carbocycles. The zero-order valence-corrected chi connectivity index (χ0v) is 22.4. The summed E-state index contributed by atoms with van der Waals surface area (Å²) in [5.74, 6) is -0.286. The van der Waals surface area contributed by atoms with Gasteiger partial charge in [0.2, 0.25) is 11.8 Å². The van der Waals surface area contributed by atoms with Gasteiger partial charge in [-0.05, 0) is 72.6 Å². The van der Waals surface area contributed by atoms with Crippen LogP contribution in [0.5, 0.6) is 5.75 Å². The normalized spacial score (nSPS) is 16.3. The van der Waals surface area contributed by atoms with Crippen molar-refractivity contribution in [2.45, 2.75) is 18.1 Å². The van der Waals surface area contributed by atoms with E-state index in [9.17, 15) is 14.4 Å². The third kappa shape index (κ3) is 6.93. The number of carbonyl (C=O) groups is 3. The predicted molar refractivity (Wildman–Crippen MR) is 149 cm³/mol. The molecule has 3 aromatic carbocycles. The van der Waals surface area contributed by atoms with Gasteiger partial charge in [-0.3, -0.25) is 14.5 Å². The molecule has 38 heavy (non-hydrogen) atoms. The highest BCUT2D eigenvalue weighted by atomic mass is 35.5. The maximum absolute atomic E-state index is 13.2. The van der Waals surface area contributed by atoms with Crippen molar-refractivity contribution in [1.82, 2.24) is 4.90 Å². The number of aliphatic imine (C=N–C) groups is 1. The van der Waals surface area contributed by atoms with Crippen LogP contribution in [0.2, 0.25) is 5.02 Å². The van der Waals surface area contributed by atoms with Gasteiger partial charge in [0.15, 0.2) is 5.17 Å². The first-order valence-electron chi connectivity index (χ1n) is 11.8. The Balaban J connectivity index is 1.52. The topological polar surface area (TPSA) is 97.3 Å². The lowest BCUT2D eigenvalue weighted by Crippen LogP contribution is -2.46. The molecular formula is C28H26ClN3O5S. The van der Waals surface area contributed by atoms with Gasteiger partial charge in [-0.2, -0.15) is 0 Å². The van der Waals surface area contributed by atoms with Gasteiger partial charge >= 0.3 is 5.97 Å². The molecule has 0 bridgehead atoms. The molecule has 1 aliphatic rings. The van der Waals surface area contributed by atoms with Gasteiger partial charge in [0, 0.05) is 23.7 Å². The molecule has 1 N–H and O–H groups in total. The minimum Gasteiger partial charge on any atom is -0.497 e. The van der Waals surface area contributed by atoms with E-state index < -0.39 is 11.2 Å². The fraction of sp³-hybridized carbons (Fsp3) is 0.214. The van der Waals surface area contributed by atoms with Crippen LogP contribution in [0.3, 0.4) is 0 Å². The Kier molecular flexibility index (Phi) is 9.04. The van der Waals surface area contributed by atoms with Crippen LogP contribution in [0, 0.1) is 0 Å². The van der Waals surface area contributed by atoms with Gasteiger partial charge in [0.25, 0.3) is 0 Å². The van der Waals surface area contributed by atoms with Crippen molar-refractivity contribution in [1.29, 1.82) is 0 Å². The maximum atomic E-state index is 13.2. The number of amides is 2. The van der Waals surface area contributed by atoms with E-state index in [1.54, 1.807) is 60.5 Å². The molecule has 1 atom stereocenters. The standard InChI is InChI=1S/C28H26ClN3O5S/c1-36-23-13-11-22(12-14-23)31-28-32(16-15-18-3-7-20(29)8-4-18)25(33)17-24(38-28)26(34)30-21-9-5-19(6-10-21)27(35)37-2/h3-14,24H,15-17H2,1-2H3,(H,30,34). The average molecular weight is 552 g/mol. The molecule has 10 heteroatoms. The van der Waals surface area contributed by atoms with Gasteiger partial charge in [-0.1, -0.05) is 35.5 Å². The lowest BCUT2D eigenvalue weighted by atomic mass is 10.1. The van der Waals surface area contributed by atoms with Crippen LogP contribution in [0.4, 0.5) is 11.4 Å². The maximum Gasteiger partial charge on any atom is 0.337 e. The van der Waals surface area contributed by atoms with Crippen molar-refractivity contribution < 1.29 is 23.9 Å². The number of methoxy groups -OCH3 is 2. The first-order chi connectivity index (χ1) is 18.4. The Morgan fingerprint density at radius 1 is 1.03 bits per heavy atom. The van der Waals surface area contributed by atoms with Crippen LogP contribution in [-0.4, -0.2) is 53.9 Å². The van der Waals surface area contributed by atoms with Crippen molar-refractivity contribution in [3.8, 4) is 5.75 Å². The Labute approximate surface area is 230 Å². The van der Waals surface area contributed by atoms with E-state index in [-0.39, 0.29) is 18.2 Å². The number of ether oxygens (including phenoxy) is 2. The number of carbonyl (C=O) groups excluding carboxylic acids is 3. The number of amidine groups is 1. The number of nitrogens with one attached hydrogen (secondary N) is 1. The molecule has 0 radical (unpaired) electrons. The van der Waals surface area contributed by atoms with Crippen LogP contribution in [0.25, 0.3) is 0 Å². The van der Waals surface area contributed by atoms with Crippen LogP contribution in [0.1, 0.15) is 22.3 Å². The minimum absolute atomic E-state index is 0.0268. The molecular weight excluding hydrogens is 526 g/mol. The highest BCUT2D eigenvalue weighted by Crippen LogP contribution is 2.31. The largest absolute Gasteiger partial charge is 0.497 e. The van der Waals surface area contributed by atoms with Crippen molar-refractivity contribution in [2.24, 2.45) is 4.99 Å². The Bertz CT molecular complexity index is 1330. The Morgan fingerprint density at radius 3 is 2.34 bits per heavy atom. The Morgan fingerprint density at radius 2 is 1.71 bits per heavy atom. The lowest BCUT2D eigenvalue weighted by molar-refractivity contribution is -0.129. The number of hydrogen-bond acceptors (Lipinski definition) is 7. The second kappa shape index (κ2) is 12.6. The zero-order valence-electron chi connectivity index (χ0n) is 20.8. The molecule has 1 unspecified atom stereocenters. The molecule has 8 nitrogen and oxygen atoms in total. The highest BCUT2D eigenvalue weighted by Gasteiger charge is 2.35. The highest BCUT2D eigenvalue weighted by molar-refractivity contribution is 8.15. The molecule has 4 rings (SSSR count). The Hall–Kier alpha value is -3.82. The summed E-state index contributed by atoms with van der Waals surface area (Å²) in [4.78, 5) is 44.4. The van der Waals surface area contributed by atoms with Crippen LogP contribution >= 0.6 is 23.4 Å². The van der Waals surface area contributed by atoms with Gasteiger partial charge in [0.1, 0.15) is 11.0 Å². The van der Waals surface area contributed by atoms with Gasteiger partial charge in [-0.25, -0.2) is 9.79 Å². The van der Waals surface area contributed by atoms with Gasteiger partial charge in [0.05, 0.1) is 25.5 Å². The number of benzene rings is 3. The van der Waals surface area contributed by atoms with E-state index in [1.807, 2.05) is 24.3 Å². The third-order valence-corrected chi connectivity index (χ3v) is 7.28. The zero-order chi connectivity index (χ0) is 27.1. The summed E-state index contributed by atoms with van der Waals surface area (Å²) in [6, 6.07) is 21.0. The molecule has 1 saturated heterocycles. The third-order valence-electron chi connectivity index (χ3n) is 5.84.